The lowest BCUT2D eigenvalue weighted by molar-refractivity contribution is -0.119. The summed E-state index contributed by atoms with van der Waals surface area (Å²) in [5.74, 6) is 0.303. The van der Waals surface area contributed by atoms with Gasteiger partial charge in [-0.25, -0.2) is 13.4 Å². The fraction of sp³-hybridized carbons (Fsp3) is 0.120. The summed E-state index contributed by atoms with van der Waals surface area (Å²) in [4.78, 5) is 17.3. The first-order chi connectivity index (χ1) is 16.8. The van der Waals surface area contributed by atoms with Gasteiger partial charge in [-0.3, -0.25) is 9.10 Å². The molecule has 0 saturated heterocycles. The van der Waals surface area contributed by atoms with Gasteiger partial charge < -0.3 is 9.88 Å². The molecule has 0 radical (unpaired) electrons. The van der Waals surface area contributed by atoms with E-state index in [-0.39, 0.29) is 27.2 Å². The molecule has 0 aliphatic heterocycles. The third-order valence-corrected chi connectivity index (χ3v) is 7.95. The predicted octanol–water partition coefficient (Wildman–Crippen LogP) is 5.00. The van der Waals surface area contributed by atoms with Crippen LogP contribution >= 0.6 is 23.2 Å². The van der Waals surface area contributed by atoms with E-state index in [9.17, 15) is 13.2 Å². The van der Waals surface area contributed by atoms with Gasteiger partial charge in [0.05, 0.1) is 26.3 Å². The summed E-state index contributed by atoms with van der Waals surface area (Å²) in [5.41, 5.74) is 1.84. The number of hydrogen-bond donors (Lipinski definition) is 1. The lowest BCUT2D eigenvalue weighted by atomic mass is 10.1. The number of para-hydroxylation sites is 1. The minimum absolute atomic E-state index is 0.0322. The monoisotopic (exact) mass is 528 g/mol. The fourth-order valence-electron chi connectivity index (χ4n) is 3.61. The second-order valence-electron chi connectivity index (χ2n) is 7.65. The second kappa shape index (κ2) is 10.5. The Bertz CT molecular complexity index is 1460. The van der Waals surface area contributed by atoms with Crippen LogP contribution in [0.5, 0.6) is 0 Å². The predicted molar refractivity (Wildman–Crippen MR) is 138 cm³/mol. The van der Waals surface area contributed by atoms with Gasteiger partial charge in [-0.2, -0.15) is 0 Å². The van der Waals surface area contributed by atoms with Crippen LogP contribution in [0, 0.1) is 6.92 Å². The number of hydrogen-bond acceptors (Lipinski definition) is 4. The van der Waals surface area contributed by atoms with Gasteiger partial charge >= 0.3 is 0 Å². The molecule has 1 aromatic heterocycles. The highest BCUT2D eigenvalue weighted by molar-refractivity contribution is 7.92. The van der Waals surface area contributed by atoms with Gasteiger partial charge in [-0.05, 0) is 42.8 Å². The summed E-state index contributed by atoms with van der Waals surface area (Å²) < 4.78 is 29.9. The number of benzene rings is 3. The number of aromatic nitrogens is 2. The number of sulfonamides is 1. The van der Waals surface area contributed by atoms with Crippen LogP contribution in [0.25, 0.3) is 5.69 Å². The zero-order valence-electron chi connectivity index (χ0n) is 18.7. The average molecular weight is 529 g/mol. The van der Waals surface area contributed by atoms with Crippen molar-refractivity contribution in [3.8, 4) is 5.69 Å². The molecule has 0 aliphatic carbocycles. The fourth-order valence-corrected chi connectivity index (χ4v) is 5.51. The highest BCUT2D eigenvalue weighted by atomic mass is 35.5. The largest absolute Gasteiger partial charge is 0.350 e. The summed E-state index contributed by atoms with van der Waals surface area (Å²) >= 11 is 12.5. The number of nitrogens with one attached hydrogen (secondary N) is 1. The van der Waals surface area contributed by atoms with Crippen molar-refractivity contribution in [2.45, 2.75) is 18.4 Å². The molecule has 35 heavy (non-hydrogen) atoms. The normalized spacial score (nSPS) is 11.3. The van der Waals surface area contributed by atoms with Gasteiger partial charge in [0, 0.05) is 18.9 Å². The van der Waals surface area contributed by atoms with Gasteiger partial charge in [0.25, 0.3) is 10.0 Å². The van der Waals surface area contributed by atoms with Gasteiger partial charge in [-0.15, -0.1) is 0 Å². The molecule has 4 aromatic rings. The molecular formula is C25H22Cl2N4O3S. The van der Waals surface area contributed by atoms with Gasteiger partial charge in [0.15, 0.2) is 0 Å². The summed E-state index contributed by atoms with van der Waals surface area (Å²) in [7, 11) is -4.10. The van der Waals surface area contributed by atoms with Crippen molar-refractivity contribution in [2.24, 2.45) is 0 Å². The van der Waals surface area contributed by atoms with Crippen molar-refractivity contribution in [3.05, 3.63) is 107 Å². The summed E-state index contributed by atoms with van der Waals surface area (Å²) in [6.45, 7) is 1.59. The molecule has 180 valence electrons. The summed E-state index contributed by atoms with van der Waals surface area (Å²) in [5, 5.41) is 3.05. The minimum Gasteiger partial charge on any atom is -0.350 e. The van der Waals surface area contributed by atoms with Crippen molar-refractivity contribution in [1.29, 1.82) is 0 Å². The SMILES string of the molecule is Cc1nccn1-c1ccccc1CNC(=O)CN(c1cccc(Cl)c1Cl)S(=O)(=O)c1ccccc1. The van der Waals surface area contributed by atoms with Crippen LogP contribution in [-0.2, 0) is 21.4 Å². The molecule has 0 bridgehead atoms. The third-order valence-electron chi connectivity index (χ3n) is 5.37. The lowest BCUT2D eigenvalue weighted by Gasteiger charge is -2.25. The average Bonchev–Trinajstić information content (AvgIpc) is 3.29. The van der Waals surface area contributed by atoms with Gasteiger partial charge in [0.1, 0.15) is 12.4 Å². The Morgan fingerprint density at radius 2 is 1.71 bits per heavy atom. The Labute approximate surface area is 214 Å². The van der Waals surface area contributed by atoms with Crippen molar-refractivity contribution in [2.75, 3.05) is 10.8 Å². The Balaban J connectivity index is 1.61. The highest BCUT2D eigenvalue weighted by Gasteiger charge is 2.29. The minimum atomic E-state index is -4.10. The zero-order valence-corrected chi connectivity index (χ0v) is 21.1. The first kappa shape index (κ1) is 24.8. The number of aryl methyl sites for hydroxylation is 1. The van der Waals surface area contributed by atoms with Crippen LogP contribution < -0.4 is 9.62 Å². The maximum absolute atomic E-state index is 13.5. The molecule has 0 fully saturated rings. The second-order valence-corrected chi connectivity index (χ2v) is 10.3. The molecule has 0 saturated carbocycles. The maximum atomic E-state index is 13.5. The first-order valence-corrected chi connectivity index (χ1v) is 12.9. The summed E-state index contributed by atoms with van der Waals surface area (Å²) in [6, 6.07) is 20.1. The van der Waals surface area contributed by atoms with E-state index in [2.05, 4.69) is 10.3 Å². The van der Waals surface area contributed by atoms with E-state index in [1.807, 2.05) is 42.0 Å². The number of rotatable bonds is 8. The molecule has 10 heteroatoms. The van der Waals surface area contributed by atoms with Crippen molar-refractivity contribution < 1.29 is 13.2 Å². The van der Waals surface area contributed by atoms with Crippen LogP contribution in [0.4, 0.5) is 5.69 Å². The van der Waals surface area contributed by atoms with Crippen LogP contribution in [0.15, 0.2) is 90.1 Å². The molecule has 0 unspecified atom stereocenters. The number of amides is 1. The molecular weight excluding hydrogens is 507 g/mol. The number of carbonyl (C=O) groups excluding carboxylic acids is 1. The van der Waals surface area contributed by atoms with E-state index in [1.165, 1.54) is 18.2 Å². The Hall–Kier alpha value is -3.33. The maximum Gasteiger partial charge on any atom is 0.264 e. The number of nitrogens with zero attached hydrogens (tertiary/aromatic N) is 3. The topological polar surface area (TPSA) is 84.3 Å². The van der Waals surface area contributed by atoms with Crippen molar-refractivity contribution in [3.63, 3.8) is 0 Å². The van der Waals surface area contributed by atoms with Crippen molar-refractivity contribution in [1.82, 2.24) is 14.9 Å². The van der Waals surface area contributed by atoms with E-state index in [0.29, 0.717) is 0 Å². The van der Waals surface area contributed by atoms with E-state index in [1.54, 1.807) is 36.5 Å². The van der Waals surface area contributed by atoms with Crippen molar-refractivity contribution >= 4 is 44.8 Å². The van der Waals surface area contributed by atoms with E-state index < -0.39 is 22.5 Å². The van der Waals surface area contributed by atoms with E-state index in [0.717, 1.165) is 21.4 Å². The molecule has 0 atom stereocenters. The molecule has 1 amide bonds. The lowest BCUT2D eigenvalue weighted by Crippen LogP contribution is -2.41. The smallest absolute Gasteiger partial charge is 0.264 e. The summed E-state index contributed by atoms with van der Waals surface area (Å²) in [6.07, 6.45) is 3.54. The standard InChI is InChI=1S/C25H22Cl2N4O3S/c1-18-28-14-15-30(18)22-12-6-5-8-19(22)16-29-24(32)17-31(23-13-7-11-21(26)25(23)27)35(33,34)20-9-3-2-4-10-20/h2-15H,16-17H2,1H3,(H,29,32). The zero-order chi connectivity index (χ0) is 25.0. The van der Waals surface area contributed by atoms with Gasteiger partial charge in [-0.1, -0.05) is 65.7 Å². The molecule has 1 heterocycles. The van der Waals surface area contributed by atoms with Crippen LogP contribution in [0.3, 0.4) is 0 Å². The van der Waals surface area contributed by atoms with Gasteiger partial charge in [0.2, 0.25) is 5.91 Å². The number of anilines is 1. The Morgan fingerprint density at radius 3 is 2.43 bits per heavy atom. The first-order valence-electron chi connectivity index (χ1n) is 10.7. The molecule has 1 N–H and O–H groups in total. The quantitative estimate of drug-likeness (QED) is 0.348. The molecule has 3 aromatic carbocycles. The molecule has 0 aliphatic rings. The van der Waals surface area contributed by atoms with Crippen LogP contribution in [-0.4, -0.2) is 30.4 Å². The number of carbonyl (C=O) groups is 1. The molecule has 4 rings (SSSR count). The van der Waals surface area contributed by atoms with E-state index in [4.69, 9.17) is 23.2 Å². The number of halogens is 2. The van der Waals surface area contributed by atoms with Crippen LogP contribution in [0.2, 0.25) is 10.0 Å². The Morgan fingerprint density at radius 1 is 1.00 bits per heavy atom. The van der Waals surface area contributed by atoms with E-state index >= 15 is 0 Å². The highest BCUT2D eigenvalue weighted by Crippen LogP contribution is 2.35. The molecule has 7 nitrogen and oxygen atoms in total. The number of imidazole rings is 1. The molecule has 0 spiro atoms. The van der Waals surface area contributed by atoms with Crippen LogP contribution in [0.1, 0.15) is 11.4 Å². The Kier molecular flexibility index (Phi) is 7.45. The third kappa shape index (κ3) is 5.35.